The summed E-state index contributed by atoms with van der Waals surface area (Å²) < 4.78 is 10.3. The zero-order valence-electron chi connectivity index (χ0n) is 9.94. The van der Waals surface area contributed by atoms with Gasteiger partial charge in [-0.05, 0) is 48.2 Å². The Morgan fingerprint density at radius 1 is 1.53 bits per heavy atom. The van der Waals surface area contributed by atoms with Gasteiger partial charge in [0.15, 0.2) is 3.92 Å². The molecule has 0 unspecified atom stereocenters. The molecule has 1 fully saturated rings. The predicted molar refractivity (Wildman–Crippen MR) is 68.2 cm³/mol. The van der Waals surface area contributed by atoms with Gasteiger partial charge in [0, 0.05) is 13.1 Å². The molecule has 0 atom stereocenters. The van der Waals surface area contributed by atoms with Crippen molar-refractivity contribution >= 4 is 33.6 Å². The Morgan fingerprint density at radius 3 is 2.65 bits per heavy atom. The lowest BCUT2D eigenvalue weighted by atomic mass is 10.0. The minimum absolute atomic E-state index is 0.241. The molecule has 7 heteroatoms. The van der Waals surface area contributed by atoms with Gasteiger partial charge in [0.1, 0.15) is 11.4 Å². The van der Waals surface area contributed by atoms with Crippen LogP contribution in [-0.4, -0.2) is 39.0 Å². The molecule has 2 heterocycles. The molecule has 0 bridgehead atoms. The largest absolute Gasteiger partial charge is 0.444 e. The second-order valence-electron chi connectivity index (χ2n) is 4.99. The molecule has 1 amide bonds. The Morgan fingerprint density at radius 2 is 2.18 bits per heavy atom. The summed E-state index contributed by atoms with van der Waals surface area (Å²) in [5, 5.41) is 0. The van der Waals surface area contributed by atoms with E-state index in [2.05, 4.69) is 25.3 Å². The van der Waals surface area contributed by atoms with Crippen LogP contribution in [0.5, 0.6) is 0 Å². The molecule has 1 saturated heterocycles. The maximum absolute atomic E-state index is 11.7. The van der Waals surface area contributed by atoms with Crippen molar-refractivity contribution in [1.82, 2.24) is 14.3 Å². The molecule has 1 aromatic rings. The van der Waals surface area contributed by atoms with Gasteiger partial charge in [0.25, 0.3) is 0 Å². The summed E-state index contributed by atoms with van der Waals surface area (Å²) in [5.74, 6) is 1.05. The van der Waals surface area contributed by atoms with Crippen LogP contribution in [0.25, 0.3) is 0 Å². The molecule has 0 N–H and O–H groups in total. The minimum Gasteiger partial charge on any atom is -0.444 e. The van der Waals surface area contributed by atoms with Crippen LogP contribution in [0.2, 0.25) is 0 Å². The zero-order chi connectivity index (χ0) is 12.6. The summed E-state index contributed by atoms with van der Waals surface area (Å²) in [7, 11) is 0. The van der Waals surface area contributed by atoms with Gasteiger partial charge in [-0.15, -0.1) is 0 Å². The summed E-state index contributed by atoms with van der Waals surface area (Å²) in [6, 6.07) is 0. The van der Waals surface area contributed by atoms with Gasteiger partial charge in [-0.1, -0.05) is 0 Å². The molecule has 1 aliphatic rings. The first-order valence-electron chi connectivity index (χ1n) is 5.32. The van der Waals surface area contributed by atoms with E-state index in [1.807, 2.05) is 20.8 Å². The fourth-order valence-electron chi connectivity index (χ4n) is 1.50. The maximum atomic E-state index is 11.7. The standard InChI is InChI=1S/C10H14BrN3O2S/c1-10(2,3)16-9(15)14-4-6(5-14)7-12-8(11)17-13-7/h6H,4-5H2,1-3H3. The smallest absolute Gasteiger partial charge is 0.410 e. The van der Waals surface area contributed by atoms with E-state index in [1.54, 1.807) is 4.90 Å². The summed E-state index contributed by atoms with van der Waals surface area (Å²) in [6.07, 6.45) is -0.261. The monoisotopic (exact) mass is 319 g/mol. The molecule has 1 aliphatic heterocycles. The molecule has 17 heavy (non-hydrogen) atoms. The highest BCUT2D eigenvalue weighted by atomic mass is 79.9. The zero-order valence-corrected chi connectivity index (χ0v) is 12.3. The lowest BCUT2D eigenvalue weighted by molar-refractivity contribution is 0.00761. The lowest BCUT2D eigenvalue weighted by Crippen LogP contribution is -2.50. The van der Waals surface area contributed by atoms with Crippen molar-refractivity contribution in [3.63, 3.8) is 0 Å². The normalized spacial score (nSPS) is 16.8. The van der Waals surface area contributed by atoms with E-state index >= 15 is 0 Å². The maximum Gasteiger partial charge on any atom is 0.410 e. The summed E-state index contributed by atoms with van der Waals surface area (Å²) in [5.41, 5.74) is -0.440. The van der Waals surface area contributed by atoms with Crippen LogP contribution in [0.15, 0.2) is 3.92 Å². The van der Waals surface area contributed by atoms with Crippen molar-refractivity contribution in [2.24, 2.45) is 0 Å². The van der Waals surface area contributed by atoms with Gasteiger partial charge in [0.05, 0.1) is 5.92 Å². The van der Waals surface area contributed by atoms with Gasteiger partial charge in [-0.25, -0.2) is 9.78 Å². The number of rotatable bonds is 1. The molecular formula is C10H14BrN3O2S. The third kappa shape index (κ3) is 3.16. The van der Waals surface area contributed by atoms with Crippen LogP contribution >= 0.6 is 27.5 Å². The molecule has 2 rings (SSSR count). The molecule has 0 saturated carbocycles. The highest BCUT2D eigenvalue weighted by molar-refractivity contribution is 9.11. The van der Waals surface area contributed by atoms with Gasteiger partial charge >= 0.3 is 6.09 Å². The van der Waals surface area contributed by atoms with Crippen molar-refractivity contribution in [3.8, 4) is 0 Å². The number of carbonyl (C=O) groups excluding carboxylic acids is 1. The molecule has 94 valence electrons. The number of likely N-dealkylation sites (tertiary alicyclic amines) is 1. The Labute approximate surface area is 112 Å². The van der Waals surface area contributed by atoms with Crippen molar-refractivity contribution in [2.45, 2.75) is 32.3 Å². The number of carbonyl (C=O) groups is 1. The Hall–Kier alpha value is -0.690. The average molecular weight is 320 g/mol. The number of amides is 1. The number of nitrogens with zero attached hydrogens (tertiary/aromatic N) is 3. The summed E-state index contributed by atoms with van der Waals surface area (Å²) in [6.45, 7) is 6.86. The van der Waals surface area contributed by atoms with E-state index in [1.165, 1.54) is 11.5 Å². The van der Waals surface area contributed by atoms with E-state index in [0.717, 1.165) is 9.74 Å². The molecule has 5 nitrogen and oxygen atoms in total. The Bertz CT molecular complexity index is 423. The second kappa shape index (κ2) is 4.53. The highest BCUT2D eigenvalue weighted by Crippen LogP contribution is 2.28. The number of hydrogen-bond acceptors (Lipinski definition) is 5. The van der Waals surface area contributed by atoms with Crippen molar-refractivity contribution in [2.75, 3.05) is 13.1 Å². The van der Waals surface area contributed by atoms with E-state index in [4.69, 9.17) is 4.74 Å². The molecular weight excluding hydrogens is 306 g/mol. The lowest BCUT2D eigenvalue weighted by Gasteiger charge is -2.38. The van der Waals surface area contributed by atoms with Gasteiger partial charge in [-0.3, -0.25) is 0 Å². The van der Waals surface area contributed by atoms with Crippen LogP contribution in [0.3, 0.4) is 0 Å². The van der Waals surface area contributed by atoms with Crippen LogP contribution in [0, 0.1) is 0 Å². The van der Waals surface area contributed by atoms with Crippen molar-refractivity contribution < 1.29 is 9.53 Å². The number of halogens is 1. The van der Waals surface area contributed by atoms with Crippen molar-refractivity contribution in [1.29, 1.82) is 0 Å². The molecule has 0 radical (unpaired) electrons. The molecule has 0 aromatic carbocycles. The first kappa shape index (κ1) is 12.8. The Balaban J connectivity index is 1.85. The van der Waals surface area contributed by atoms with Crippen molar-refractivity contribution in [3.05, 3.63) is 9.74 Å². The van der Waals surface area contributed by atoms with E-state index in [0.29, 0.717) is 13.1 Å². The second-order valence-corrected chi connectivity index (χ2v) is 7.02. The van der Waals surface area contributed by atoms with Gasteiger partial charge in [0.2, 0.25) is 0 Å². The molecule has 0 spiro atoms. The van der Waals surface area contributed by atoms with Gasteiger partial charge < -0.3 is 9.64 Å². The third-order valence-electron chi connectivity index (χ3n) is 2.32. The summed E-state index contributed by atoms with van der Waals surface area (Å²) in [4.78, 5) is 17.6. The van der Waals surface area contributed by atoms with Gasteiger partial charge in [-0.2, -0.15) is 4.37 Å². The van der Waals surface area contributed by atoms with Crippen LogP contribution in [-0.2, 0) is 4.74 Å². The minimum atomic E-state index is -0.440. The first-order chi connectivity index (χ1) is 7.85. The fourth-order valence-corrected chi connectivity index (χ4v) is 2.39. The number of aromatic nitrogens is 2. The van der Waals surface area contributed by atoms with Crippen LogP contribution in [0.4, 0.5) is 4.79 Å². The number of hydrogen-bond donors (Lipinski definition) is 0. The van der Waals surface area contributed by atoms with Crippen LogP contribution < -0.4 is 0 Å². The molecule has 1 aromatic heterocycles. The third-order valence-corrected chi connectivity index (χ3v) is 3.45. The van der Waals surface area contributed by atoms with E-state index in [9.17, 15) is 4.79 Å². The Kier molecular flexibility index (Phi) is 3.40. The molecule has 0 aliphatic carbocycles. The van der Waals surface area contributed by atoms with Crippen LogP contribution in [0.1, 0.15) is 32.5 Å². The quantitative estimate of drug-likeness (QED) is 0.798. The van der Waals surface area contributed by atoms with E-state index in [-0.39, 0.29) is 12.0 Å². The average Bonchev–Trinajstić information content (AvgIpc) is 2.45. The first-order valence-corrected chi connectivity index (χ1v) is 6.89. The SMILES string of the molecule is CC(C)(C)OC(=O)N1CC(c2nsc(Br)n2)C1. The van der Waals surface area contributed by atoms with E-state index < -0.39 is 5.60 Å². The fraction of sp³-hybridized carbons (Fsp3) is 0.700. The highest BCUT2D eigenvalue weighted by Gasteiger charge is 2.36. The number of ether oxygens (including phenoxy) is 1. The topological polar surface area (TPSA) is 55.3 Å². The summed E-state index contributed by atoms with van der Waals surface area (Å²) >= 11 is 4.60. The predicted octanol–water partition coefficient (Wildman–Crippen LogP) is 2.63.